The standard InChI is InChI=1S/C30H35F2N5O3/c1-3-27(39)36-14-5-8-20-23(35(2)24-12-9-19(16-26(24)38)18-6-4-7-18)13-15-37(25(20)17-36)30(40)21-10-11-22(28(31)32)34-29(21)33/h3,9-12,16,18,25,28,38H,1,4-8,13-15,17H2,2H3,(H2,33,34). The smallest absolute Gasteiger partial charge is 0.280 e. The summed E-state index contributed by atoms with van der Waals surface area (Å²) >= 11 is 0. The minimum atomic E-state index is -2.80. The van der Waals surface area contributed by atoms with E-state index in [1.165, 1.54) is 18.6 Å². The number of anilines is 2. The molecule has 3 aliphatic rings. The van der Waals surface area contributed by atoms with Crippen LogP contribution in [0.5, 0.6) is 5.75 Å². The molecule has 1 aromatic carbocycles. The van der Waals surface area contributed by atoms with Gasteiger partial charge in [-0.25, -0.2) is 13.8 Å². The number of aromatic hydroxyl groups is 1. The lowest BCUT2D eigenvalue weighted by Gasteiger charge is -2.42. The van der Waals surface area contributed by atoms with E-state index < -0.39 is 24.1 Å². The molecule has 0 spiro atoms. The topological polar surface area (TPSA) is 103 Å². The Hall–Kier alpha value is -3.95. The quantitative estimate of drug-likeness (QED) is 0.491. The van der Waals surface area contributed by atoms with Gasteiger partial charge >= 0.3 is 0 Å². The molecule has 1 aromatic heterocycles. The van der Waals surface area contributed by atoms with Crippen LogP contribution in [0.3, 0.4) is 0 Å². The van der Waals surface area contributed by atoms with Crippen LogP contribution in [0.15, 0.2) is 54.3 Å². The van der Waals surface area contributed by atoms with Crippen molar-refractivity contribution in [3.8, 4) is 5.75 Å². The van der Waals surface area contributed by atoms with Crippen LogP contribution in [0.4, 0.5) is 20.3 Å². The Morgan fingerprint density at radius 2 is 1.95 bits per heavy atom. The lowest BCUT2D eigenvalue weighted by molar-refractivity contribution is -0.126. The molecule has 0 radical (unpaired) electrons. The number of pyridine rings is 1. The number of alkyl halides is 2. The summed E-state index contributed by atoms with van der Waals surface area (Å²) in [6.07, 6.45) is 3.81. The molecule has 1 atom stereocenters. The summed E-state index contributed by atoms with van der Waals surface area (Å²) in [4.78, 5) is 35.5. The molecule has 1 saturated heterocycles. The molecule has 3 heterocycles. The van der Waals surface area contributed by atoms with Gasteiger partial charge in [-0.2, -0.15) is 0 Å². The largest absolute Gasteiger partial charge is 0.506 e. The third kappa shape index (κ3) is 5.14. The fourth-order valence-electron chi connectivity index (χ4n) is 6.07. The molecule has 1 aliphatic carbocycles. The van der Waals surface area contributed by atoms with Gasteiger partial charge in [-0.3, -0.25) is 9.59 Å². The first-order valence-corrected chi connectivity index (χ1v) is 13.7. The summed E-state index contributed by atoms with van der Waals surface area (Å²) in [5, 5.41) is 11.0. The van der Waals surface area contributed by atoms with Crippen LogP contribution in [0, 0.1) is 0 Å². The van der Waals surface area contributed by atoms with Gasteiger partial charge in [0.2, 0.25) is 5.91 Å². The van der Waals surface area contributed by atoms with Crippen molar-refractivity contribution in [1.29, 1.82) is 0 Å². The van der Waals surface area contributed by atoms with Gasteiger partial charge in [-0.1, -0.05) is 19.1 Å². The van der Waals surface area contributed by atoms with Crippen molar-refractivity contribution in [2.24, 2.45) is 0 Å². The number of likely N-dealkylation sites (tertiary alicyclic amines) is 1. The van der Waals surface area contributed by atoms with E-state index in [4.69, 9.17) is 5.73 Å². The molecule has 3 N–H and O–H groups in total. The summed E-state index contributed by atoms with van der Waals surface area (Å²) in [7, 11) is 1.91. The Bertz CT molecular complexity index is 1360. The number of nitrogens with two attached hydrogens (primary N) is 1. The molecule has 10 heteroatoms. The molecule has 2 aliphatic heterocycles. The predicted octanol–water partition coefficient (Wildman–Crippen LogP) is 4.99. The van der Waals surface area contributed by atoms with Crippen molar-refractivity contribution in [2.75, 3.05) is 37.3 Å². The molecule has 1 unspecified atom stereocenters. The number of hydrogen-bond acceptors (Lipinski definition) is 6. The highest BCUT2D eigenvalue weighted by atomic mass is 19.3. The maximum atomic E-state index is 13.8. The second-order valence-corrected chi connectivity index (χ2v) is 10.7. The summed E-state index contributed by atoms with van der Waals surface area (Å²) in [5.41, 5.74) is 9.35. The molecule has 8 nitrogen and oxygen atoms in total. The Morgan fingerprint density at radius 1 is 1.18 bits per heavy atom. The lowest BCUT2D eigenvalue weighted by Crippen LogP contribution is -2.51. The van der Waals surface area contributed by atoms with Crippen LogP contribution in [-0.2, 0) is 4.79 Å². The number of aromatic nitrogens is 1. The SMILES string of the molecule is C=CC(=O)N1CCCC2=C(N(C)c3ccc(C4CCC4)cc3O)CCN(C(=O)c3ccc(C(F)F)nc3N)C2C1. The molecule has 2 aromatic rings. The summed E-state index contributed by atoms with van der Waals surface area (Å²) in [6, 6.07) is 7.83. The number of hydrogen-bond donors (Lipinski definition) is 2. The zero-order valence-electron chi connectivity index (χ0n) is 22.7. The zero-order chi connectivity index (χ0) is 28.6. The van der Waals surface area contributed by atoms with Crippen molar-refractivity contribution < 1.29 is 23.5 Å². The summed E-state index contributed by atoms with van der Waals surface area (Å²) in [5.74, 6) is -0.181. The number of phenols is 1. The van der Waals surface area contributed by atoms with Gasteiger partial charge in [-0.15, -0.1) is 0 Å². The highest BCUT2D eigenvalue weighted by Crippen LogP contribution is 2.42. The number of fused-ring (bicyclic) bond motifs is 1. The van der Waals surface area contributed by atoms with Gasteiger partial charge in [0.25, 0.3) is 12.3 Å². The average molecular weight is 552 g/mol. The molecule has 2 fully saturated rings. The molecular weight excluding hydrogens is 516 g/mol. The van der Waals surface area contributed by atoms with Crippen LogP contribution >= 0.6 is 0 Å². The van der Waals surface area contributed by atoms with Gasteiger partial charge in [0.1, 0.15) is 17.3 Å². The highest BCUT2D eigenvalue weighted by Gasteiger charge is 2.38. The molecule has 212 valence electrons. The fraction of sp³-hybridized carbons (Fsp3) is 0.433. The number of nitrogens with zero attached hydrogens (tertiary/aromatic N) is 4. The van der Waals surface area contributed by atoms with Gasteiger partial charge in [-0.05, 0) is 73.1 Å². The Labute approximate surface area is 232 Å². The Balaban J connectivity index is 1.51. The van der Waals surface area contributed by atoms with E-state index in [1.807, 2.05) is 24.1 Å². The van der Waals surface area contributed by atoms with Gasteiger partial charge in [0, 0.05) is 38.8 Å². The first-order valence-electron chi connectivity index (χ1n) is 13.7. The third-order valence-electron chi connectivity index (χ3n) is 8.50. The van der Waals surface area contributed by atoms with E-state index in [2.05, 4.69) is 17.6 Å². The zero-order valence-corrected chi connectivity index (χ0v) is 22.7. The average Bonchev–Trinajstić information content (AvgIpc) is 3.14. The number of benzene rings is 1. The second kappa shape index (κ2) is 11.3. The van der Waals surface area contributed by atoms with E-state index in [0.29, 0.717) is 44.0 Å². The van der Waals surface area contributed by atoms with Gasteiger partial charge < -0.3 is 25.5 Å². The Kier molecular flexibility index (Phi) is 7.78. The fourth-order valence-corrected chi connectivity index (χ4v) is 6.07. The Morgan fingerprint density at radius 3 is 2.58 bits per heavy atom. The molecular formula is C30H35F2N5O3. The monoisotopic (exact) mass is 551 g/mol. The van der Waals surface area contributed by atoms with Gasteiger partial charge in [0.05, 0.1) is 17.3 Å². The van der Waals surface area contributed by atoms with Crippen molar-refractivity contribution >= 4 is 23.3 Å². The molecule has 5 rings (SSSR count). The highest BCUT2D eigenvalue weighted by molar-refractivity contribution is 5.99. The van der Waals surface area contributed by atoms with Gasteiger partial charge in [0.15, 0.2) is 0 Å². The maximum Gasteiger partial charge on any atom is 0.280 e. The third-order valence-corrected chi connectivity index (χ3v) is 8.50. The van der Waals surface area contributed by atoms with Crippen molar-refractivity contribution in [2.45, 2.75) is 56.9 Å². The minimum absolute atomic E-state index is 0.0515. The van der Waals surface area contributed by atoms with E-state index >= 15 is 0 Å². The van der Waals surface area contributed by atoms with E-state index in [1.54, 1.807) is 9.80 Å². The normalized spacial score (nSPS) is 19.6. The van der Waals surface area contributed by atoms with Crippen molar-refractivity contribution in [3.05, 3.63) is 71.1 Å². The predicted molar refractivity (Wildman–Crippen MR) is 149 cm³/mol. The number of amides is 2. The summed E-state index contributed by atoms with van der Waals surface area (Å²) in [6.45, 7) is 4.72. The number of halogens is 2. The number of nitrogen functional groups attached to an aromatic ring is 1. The molecule has 2 amide bonds. The van der Waals surface area contributed by atoms with Crippen molar-refractivity contribution in [1.82, 2.24) is 14.8 Å². The van der Waals surface area contributed by atoms with E-state index in [-0.39, 0.29) is 29.6 Å². The molecule has 0 bridgehead atoms. The van der Waals surface area contributed by atoms with Crippen LogP contribution < -0.4 is 10.6 Å². The number of carbonyl (C=O) groups excluding carboxylic acids is 2. The van der Waals surface area contributed by atoms with Crippen LogP contribution in [0.1, 0.15) is 72.5 Å². The summed E-state index contributed by atoms with van der Waals surface area (Å²) < 4.78 is 26.3. The van der Waals surface area contributed by atoms with Crippen LogP contribution in [-0.4, -0.2) is 64.4 Å². The molecule has 40 heavy (non-hydrogen) atoms. The van der Waals surface area contributed by atoms with Crippen LogP contribution in [0.25, 0.3) is 0 Å². The van der Waals surface area contributed by atoms with Crippen LogP contribution in [0.2, 0.25) is 0 Å². The van der Waals surface area contributed by atoms with E-state index in [0.717, 1.165) is 35.7 Å². The van der Waals surface area contributed by atoms with Crippen molar-refractivity contribution in [3.63, 3.8) is 0 Å². The number of carbonyl (C=O) groups is 2. The lowest BCUT2D eigenvalue weighted by atomic mass is 9.80. The number of phenolic OH excluding ortho intramolecular Hbond substituents is 1. The minimum Gasteiger partial charge on any atom is -0.506 e. The first kappa shape index (κ1) is 27.6. The first-order chi connectivity index (χ1) is 19.2. The molecule has 1 saturated carbocycles. The second-order valence-electron chi connectivity index (χ2n) is 10.7. The van der Waals surface area contributed by atoms with E-state index in [9.17, 15) is 23.5 Å². The maximum absolute atomic E-state index is 13.8. The number of rotatable bonds is 6.